The topological polar surface area (TPSA) is 59.9 Å². The molecule has 2 aromatic rings. The van der Waals surface area contributed by atoms with Crippen molar-refractivity contribution in [2.24, 2.45) is 0 Å². The van der Waals surface area contributed by atoms with Crippen molar-refractivity contribution in [3.8, 4) is 0 Å². The number of aromatic nitrogens is 2. The number of nitrogens with zero attached hydrogens (tertiary/aromatic N) is 2. The second-order valence-electron chi connectivity index (χ2n) is 3.02. The number of benzene rings is 1. The first-order valence-corrected chi connectivity index (χ1v) is 7.50. The molecule has 0 saturated carbocycles. The predicted octanol–water partition coefficient (Wildman–Crippen LogP) is 3.52. The highest BCUT2D eigenvalue weighted by Gasteiger charge is 2.16. The van der Waals surface area contributed by atoms with E-state index in [-0.39, 0.29) is 31.3 Å². The van der Waals surface area contributed by atoms with E-state index in [0.29, 0.717) is 0 Å². The summed E-state index contributed by atoms with van der Waals surface area (Å²) >= 11 is 17.3. The molecule has 1 aromatic heterocycles. The summed E-state index contributed by atoms with van der Waals surface area (Å²) in [5, 5.41) is 0.269. The molecule has 0 atom stereocenters. The van der Waals surface area contributed by atoms with E-state index in [0.717, 1.165) is 0 Å². The Morgan fingerprint density at radius 3 is 2.29 bits per heavy atom. The van der Waals surface area contributed by atoms with Crippen LogP contribution in [0.3, 0.4) is 0 Å². The molecule has 0 amide bonds. The van der Waals surface area contributed by atoms with Crippen molar-refractivity contribution in [3.05, 3.63) is 27.6 Å². The Kier molecular flexibility index (Phi) is 3.40. The van der Waals surface area contributed by atoms with Crippen molar-refractivity contribution in [3.63, 3.8) is 0 Å². The maximum atomic E-state index is 11.2. The van der Waals surface area contributed by atoms with Crippen LogP contribution in [0.2, 0.25) is 15.5 Å². The zero-order valence-corrected chi connectivity index (χ0v) is 11.6. The van der Waals surface area contributed by atoms with Gasteiger partial charge in [-0.1, -0.05) is 23.2 Å². The van der Waals surface area contributed by atoms with Gasteiger partial charge < -0.3 is 0 Å². The third kappa shape index (κ3) is 2.58. The van der Waals surface area contributed by atoms with E-state index in [1.165, 1.54) is 12.1 Å². The normalized spacial score (nSPS) is 12.0. The van der Waals surface area contributed by atoms with Gasteiger partial charge in [-0.25, -0.2) is 18.4 Å². The molecule has 1 aromatic carbocycles. The Labute approximate surface area is 116 Å². The number of hydrogen-bond donors (Lipinski definition) is 0. The molecule has 90 valence electrons. The van der Waals surface area contributed by atoms with Gasteiger partial charge in [0.05, 0.1) is 15.4 Å². The van der Waals surface area contributed by atoms with Crippen LogP contribution in [0.25, 0.3) is 10.9 Å². The van der Waals surface area contributed by atoms with Crippen molar-refractivity contribution < 1.29 is 8.42 Å². The molecule has 0 aliphatic carbocycles. The lowest BCUT2D eigenvalue weighted by Crippen LogP contribution is -1.94. The van der Waals surface area contributed by atoms with Crippen molar-refractivity contribution in [1.82, 2.24) is 9.97 Å². The van der Waals surface area contributed by atoms with Gasteiger partial charge in [0.2, 0.25) is 5.28 Å². The van der Waals surface area contributed by atoms with Gasteiger partial charge in [0.1, 0.15) is 5.15 Å². The van der Waals surface area contributed by atoms with Gasteiger partial charge in [-0.2, -0.15) is 0 Å². The Balaban J connectivity index is 2.92. The van der Waals surface area contributed by atoms with Gasteiger partial charge in [0, 0.05) is 16.1 Å². The van der Waals surface area contributed by atoms with Gasteiger partial charge in [-0.05, 0) is 23.7 Å². The molecule has 17 heavy (non-hydrogen) atoms. The first kappa shape index (κ1) is 13.1. The minimum absolute atomic E-state index is 0.00377. The molecule has 0 bridgehead atoms. The molecular formula is C8H2Cl4N2O2S. The second-order valence-corrected chi connectivity index (χ2v) is 6.69. The number of rotatable bonds is 1. The van der Waals surface area contributed by atoms with Crippen molar-refractivity contribution >= 4 is 65.4 Å². The van der Waals surface area contributed by atoms with E-state index in [9.17, 15) is 8.42 Å². The standard InChI is InChI=1S/C8H2Cl4N2O2S/c9-5-2-3(17(12,15)16)1-4-6(5)13-8(11)14-7(4)10/h1-2H. The van der Waals surface area contributed by atoms with Crippen molar-refractivity contribution in [2.75, 3.05) is 0 Å². The zero-order valence-electron chi connectivity index (χ0n) is 7.79. The largest absolute Gasteiger partial charge is 0.261 e. The molecule has 0 aliphatic heterocycles. The number of halogens is 4. The average Bonchev–Trinajstić information content (AvgIpc) is 2.17. The van der Waals surface area contributed by atoms with E-state index < -0.39 is 9.05 Å². The first-order chi connectivity index (χ1) is 7.79. The third-order valence-electron chi connectivity index (χ3n) is 1.94. The predicted molar refractivity (Wildman–Crippen MR) is 67.6 cm³/mol. The molecule has 0 saturated heterocycles. The number of fused-ring (bicyclic) bond motifs is 1. The van der Waals surface area contributed by atoms with E-state index in [2.05, 4.69) is 9.97 Å². The van der Waals surface area contributed by atoms with Crippen LogP contribution < -0.4 is 0 Å². The fourth-order valence-corrected chi connectivity index (χ4v) is 2.79. The monoisotopic (exact) mass is 330 g/mol. The summed E-state index contributed by atoms with van der Waals surface area (Å²) < 4.78 is 22.4. The van der Waals surface area contributed by atoms with E-state index in [4.69, 9.17) is 45.5 Å². The molecule has 0 aliphatic rings. The molecule has 0 N–H and O–H groups in total. The van der Waals surface area contributed by atoms with E-state index >= 15 is 0 Å². The summed E-state index contributed by atoms with van der Waals surface area (Å²) in [7, 11) is 1.32. The fourth-order valence-electron chi connectivity index (χ4n) is 1.24. The number of hydrogen-bond acceptors (Lipinski definition) is 4. The SMILES string of the molecule is O=S(=O)(Cl)c1cc(Cl)c2nc(Cl)nc(Cl)c2c1. The van der Waals surface area contributed by atoms with Crippen molar-refractivity contribution in [1.29, 1.82) is 0 Å². The molecule has 4 nitrogen and oxygen atoms in total. The van der Waals surface area contributed by atoms with Gasteiger partial charge in [0.25, 0.3) is 9.05 Å². The molecule has 9 heteroatoms. The van der Waals surface area contributed by atoms with E-state index in [1.54, 1.807) is 0 Å². The first-order valence-electron chi connectivity index (χ1n) is 4.06. The lowest BCUT2D eigenvalue weighted by molar-refractivity contribution is 0.609. The maximum Gasteiger partial charge on any atom is 0.261 e. The van der Waals surface area contributed by atoms with Gasteiger partial charge in [-0.15, -0.1) is 0 Å². The second kappa shape index (κ2) is 4.40. The van der Waals surface area contributed by atoms with Gasteiger partial charge >= 0.3 is 0 Å². The molecule has 0 unspecified atom stereocenters. The highest BCUT2D eigenvalue weighted by Crippen LogP contribution is 2.31. The lowest BCUT2D eigenvalue weighted by atomic mass is 10.2. The summed E-state index contributed by atoms with van der Waals surface area (Å²) in [5.74, 6) is 0. The summed E-state index contributed by atoms with van der Waals surface area (Å²) in [4.78, 5) is 7.37. The third-order valence-corrected chi connectivity index (χ3v) is 4.01. The highest BCUT2D eigenvalue weighted by molar-refractivity contribution is 8.13. The van der Waals surface area contributed by atoms with E-state index in [1.807, 2.05) is 0 Å². The van der Waals surface area contributed by atoms with Crippen LogP contribution in [0.15, 0.2) is 17.0 Å². The highest BCUT2D eigenvalue weighted by atomic mass is 35.7. The Morgan fingerprint density at radius 1 is 1.06 bits per heavy atom. The van der Waals surface area contributed by atoms with Crippen LogP contribution in [0.4, 0.5) is 0 Å². The minimum atomic E-state index is -3.90. The average molecular weight is 332 g/mol. The molecule has 0 fully saturated rings. The van der Waals surface area contributed by atoms with Crippen LogP contribution >= 0.6 is 45.5 Å². The Morgan fingerprint density at radius 2 is 1.71 bits per heavy atom. The van der Waals surface area contributed by atoms with Crippen molar-refractivity contribution in [2.45, 2.75) is 4.90 Å². The fraction of sp³-hybridized carbons (Fsp3) is 0. The molecular weight excluding hydrogens is 330 g/mol. The molecule has 2 rings (SSSR count). The quantitative estimate of drug-likeness (QED) is 0.455. The minimum Gasteiger partial charge on any atom is -0.216 e. The molecule has 1 heterocycles. The Hall–Kier alpha value is -0.330. The Bertz CT molecular complexity index is 717. The lowest BCUT2D eigenvalue weighted by Gasteiger charge is -2.04. The van der Waals surface area contributed by atoms with Crippen LogP contribution in [0.1, 0.15) is 0 Å². The van der Waals surface area contributed by atoms with Gasteiger partial charge in [-0.3, -0.25) is 0 Å². The zero-order chi connectivity index (χ0) is 12.8. The summed E-state index contributed by atoms with van der Waals surface area (Å²) in [5.41, 5.74) is 0.265. The molecule has 0 radical (unpaired) electrons. The molecule has 0 spiro atoms. The summed E-state index contributed by atoms with van der Waals surface area (Å²) in [6.07, 6.45) is 0. The van der Waals surface area contributed by atoms with Crippen LogP contribution in [-0.2, 0) is 9.05 Å². The van der Waals surface area contributed by atoms with Crippen LogP contribution in [0, 0.1) is 0 Å². The maximum absolute atomic E-state index is 11.2. The van der Waals surface area contributed by atoms with Gasteiger partial charge in [0.15, 0.2) is 0 Å². The summed E-state index contributed by atoms with van der Waals surface area (Å²) in [6, 6.07) is 2.41. The van der Waals surface area contributed by atoms with Crippen LogP contribution in [-0.4, -0.2) is 18.4 Å². The van der Waals surface area contributed by atoms with Crippen LogP contribution in [0.5, 0.6) is 0 Å². The smallest absolute Gasteiger partial charge is 0.216 e. The summed E-state index contributed by atoms with van der Waals surface area (Å²) in [6.45, 7) is 0.